The van der Waals surface area contributed by atoms with Crippen LogP contribution in [0.25, 0.3) is 0 Å². The zero-order chi connectivity index (χ0) is 15.6. The number of halogens is 5. The van der Waals surface area contributed by atoms with E-state index in [1.807, 2.05) is 18.2 Å². The fraction of sp³-hybridized carbons (Fsp3) is 0.200. The van der Waals surface area contributed by atoms with E-state index < -0.39 is 34.8 Å². The summed E-state index contributed by atoms with van der Waals surface area (Å²) in [6.45, 7) is 1.80. The Labute approximate surface area is 118 Å². The van der Waals surface area contributed by atoms with E-state index in [2.05, 4.69) is 5.32 Å². The largest absolute Gasteiger partial charge is 0.380 e. The van der Waals surface area contributed by atoms with Gasteiger partial charge >= 0.3 is 0 Å². The summed E-state index contributed by atoms with van der Waals surface area (Å²) >= 11 is 0. The van der Waals surface area contributed by atoms with Crippen LogP contribution in [0.1, 0.15) is 18.4 Å². The summed E-state index contributed by atoms with van der Waals surface area (Å²) in [5, 5.41) is 2.29. The Balaban J connectivity index is 2.21. The van der Waals surface area contributed by atoms with Crippen LogP contribution in [-0.2, 0) is 0 Å². The van der Waals surface area contributed by atoms with Gasteiger partial charge in [-0.2, -0.15) is 0 Å². The monoisotopic (exact) mass is 301 g/mol. The summed E-state index contributed by atoms with van der Waals surface area (Å²) in [6.07, 6.45) is 0. The first-order valence-corrected chi connectivity index (χ1v) is 6.23. The molecule has 21 heavy (non-hydrogen) atoms. The molecule has 1 atom stereocenters. The number of anilines is 1. The molecule has 1 nitrogen and oxygen atoms in total. The second kappa shape index (κ2) is 6.11. The molecule has 1 unspecified atom stereocenters. The van der Waals surface area contributed by atoms with Gasteiger partial charge in [0.2, 0.25) is 5.82 Å². The van der Waals surface area contributed by atoms with Crippen molar-refractivity contribution >= 4 is 5.69 Å². The fourth-order valence-corrected chi connectivity index (χ4v) is 1.91. The van der Waals surface area contributed by atoms with E-state index in [9.17, 15) is 22.0 Å². The number of benzene rings is 2. The number of rotatable bonds is 4. The quantitative estimate of drug-likeness (QED) is 0.494. The normalized spacial score (nSPS) is 12.3. The molecule has 0 aromatic heterocycles. The maximum absolute atomic E-state index is 13.5. The van der Waals surface area contributed by atoms with Gasteiger partial charge in [0.05, 0.1) is 0 Å². The van der Waals surface area contributed by atoms with Crippen LogP contribution in [0.2, 0.25) is 0 Å². The highest BCUT2D eigenvalue weighted by atomic mass is 19.2. The average molecular weight is 301 g/mol. The van der Waals surface area contributed by atoms with Crippen LogP contribution in [-0.4, -0.2) is 6.54 Å². The minimum Gasteiger partial charge on any atom is -0.380 e. The molecule has 0 aliphatic rings. The molecular formula is C15H12F5N. The molecule has 0 amide bonds. The van der Waals surface area contributed by atoms with Crippen LogP contribution in [0.4, 0.5) is 27.6 Å². The molecule has 2 aromatic carbocycles. The first-order valence-electron chi connectivity index (χ1n) is 6.23. The second-order valence-corrected chi connectivity index (χ2v) is 4.64. The Bertz CT molecular complexity index is 613. The van der Waals surface area contributed by atoms with Crippen molar-refractivity contribution in [3.8, 4) is 0 Å². The lowest BCUT2D eigenvalue weighted by molar-refractivity contribution is 0.381. The molecule has 0 saturated carbocycles. The molecule has 0 fully saturated rings. The van der Waals surface area contributed by atoms with E-state index in [0.29, 0.717) is 0 Å². The topological polar surface area (TPSA) is 12.0 Å². The first kappa shape index (κ1) is 15.3. The van der Waals surface area contributed by atoms with Crippen LogP contribution in [0.5, 0.6) is 0 Å². The van der Waals surface area contributed by atoms with E-state index >= 15 is 0 Å². The van der Waals surface area contributed by atoms with Crippen LogP contribution in [0.3, 0.4) is 0 Å². The Hall–Kier alpha value is -2.11. The van der Waals surface area contributed by atoms with Crippen molar-refractivity contribution in [1.29, 1.82) is 0 Å². The minimum absolute atomic E-state index is 0.0301. The van der Waals surface area contributed by atoms with E-state index in [1.165, 1.54) is 0 Å². The van der Waals surface area contributed by atoms with Gasteiger partial charge in [0.1, 0.15) is 5.69 Å². The Morgan fingerprint density at radius 3 is 1.81 bits per heavy atom. The van der Waals surface area contributed by atoms with Crippen molar-refractivity contribution in [3.05, 3.63) is 65.0 Å². The van der Waals surface area contributed by atoms with Gasteiger partial charge < -0.3 is 5.32 Å². The third-order valence-electron chi connectivity index (χ3n) is 3.16. The van der Waals surface area contributed by atoms with Crippen molar-refractivity contribution in [2.24, 2.45) is 0 Å². The van der Waals surface area contributed by atoms with E-state index in [0.717, 1.165) is 5.56 Å². The lowest BCUT2D eigenvalue weighted by Gasteiger charge is -2.15. The summed E-state index contributed by atoms with van der Waals surface area (Å²) in [5.41, 5.74) is -0.122. The zero-order valence-corrected chi connectivity index (χ0v) is 11.1. The highest BCUT2D eigenvalue weighted by molar-refractivity contribution is 5.48. The van der Waals surface area contributed by atoms with Crippen molar-refractivity contribution in [3.63, 3.8) is 0 Å². The van der Waals surface area contributed by atoms with Gasteiger partial charge in [-0.3, -0.25) is 0 Å². The van der Waals surface area contributed by atoms with Gasteiger partial charge in [0.15, 0.2) is 23.3 Å². The predicted octanol–water partition coefficient (Wildman–Crippen LogP) is 4.60. The number of hydrogen-bond donors (Lipinski definition) is 1. The molecule has 112 valence electrons. The molecule has 0 aliphatic heterocycles. The lowest BCUT2D eigenvalue weighted by Crippen LogP contribution is -2.14. The summed E-state index contributed by atoms with van der Waals surface area (Å²) in [4.78, 5) is 0. The molecule has 0 aliphatic carbocycles. The average Bonchev–Trinajstić information content (AvgIpc) is 2.51. The molecule has 0 saturated heterocycles. The van der Waals surface area contributed by atoms with Crippen molar-refractivity contribution in [2.75, 3.05) is 11.9 Å². The third kappa shape index (κ3) is 2.99. The van der Waals surface area contributed by atoms with Gasteiger partial charge in [-0.25, -0.2) is 22.0 Å². The van der Waals surface area contributed by atoms with Gasteiger partial charge in [-0.15, -0.1) is 0 Å². The van der Waals surface area contributed by atoms with Gasteiger partial charge in [-0.05, 0) is 11.5 Å². The van der Waals surface area contributed by atoms with Gasteiger partial charge in [0, 0.05) is 6.54 Å². The Morgan fingerprint density at radius 1 is 0.810 bits per heavy atom. The maximum Gasteiger partial charge on any atom is 0.200 e. The zero-order valence-electron chi connectivity index (χ0n) is 11.1. The van der Waals surface area contributed by atoms with Crippen LogP contribution < -0.4 is 5.32 Å². The molecule has 0 heterocycles. The van der Waals surface area contributed by atoms with E-state index in [-0.39, 0.29) is 12.5 Å². The summed E-state index contributed by atoms with van der Waals surface area (Å²) in [5.74, 6) is -9.95. The maximum atomic E-state index is 13.5. The van der Waals surface area contributed by atoms with Crippen molar-refractivity contribution < 1.29 is 22.0 Å². The molecule has 0 bridgehead atoms. The predicted molar refractivity (Wildman–Crippen MR) is 69.6 cm³/mol. The van der Waals surface area contributed by atoms with Gasteiger partial charge in [-0.1, -0.05) is 37.3 Å². The smallest absolute Gasteiger partial charge is 0.200 e. The van der Waals surface area contributed by atoms with E-state index in [4.69, 9.17) is 0 Å². The highest BCUT2D eigenvalue weighted by Gasteiger charge is 2.25. The Morgan fingerprint density at radius 2 is 1.29 bits per heavy atom. The first-order chi connectivity index (χ1) is 9.93. The molecule has 0 radical (unpaired) electrons. The summed E-state index contributed by atoms with van der Waals surface area (Å²) < 4.78 is 65.9. The van der Waals surface area contributed by atoms with Crippen molar-refractivity contribution in [1.82, 2.24) is 0 Å². The summed E-state index contributed by atoms with van der Waals surface area (Å²) in [7, 11) is 0. The number of nitrogens with one attached hydrogen (secondary N) is 1. The summed E-state index contributed by atoms with van der Waals surface area (Å²) in [6, 6.07) is 9.03. The van der Waals surface area contributed by atoms with E-state index in [1.54, 1.807) is 19.1 Å². The van der Waals surface area contributed by atoms with Crippen molar-refractivity contribution in [2.45, 2.75) is 12.8 Å². The van der Waals surface area contributed by atoms with Crippen LogP contribution in [0.15, 0.2) is 30.3 Å². The number of hydrogen-bond acceptors (Lipinski definition) is 1. The fourth-order valence-electron chi connectivity index (χ4n) is 1.91. The molecule has 2 aromatic rings. The third-order valence-corrected chi connectivity index (χ3v) is 3.16. The minimum atomic E-state index is -2.16. The Kier molecular flexibility index (Phi) is 4.45. The molecule has 6 heteroatoms. The molecule has 2 rings (SSSR count). The highest BCUT2D eigenvalue weighted by Crippen LogP contribution is 2.27. The van der Waals surface area contributed by atoms with Gasteiger partial charge in [0.25, 0.3) is 0 Å². The molecule has 0 spiro atoms. The molecular weight excluding hydrogens is 289 g/mol. The lowest BCUT2D eigenvalue weighted by atomic mass is 10.0. The van der Waals surface area contributed by atoms with Crippen LogP contribution in [0, 0.1) is 29.1 Å². The second-order valence-electron chi connectivity index (χ2n) is 4.64. The molecule has 1 N–H and O–H groups in total. The standard InChI is InChI=1S/C15H12F5N/c1-8(9-5-3-2-4-6-9)7-21-15-13(19)11(17)10(16)12(18)14(15)20/h2-6,8,21H,7H2,1H3. The van der Waals surface area contributed by atoms with Crippen LogP contribution >= 0.6 is 0 Å². The SMILES string of the molecule is CC(CNc1c(F)c(F)c(F)c(F)c1F)c1ccccc1.